The van der Waals surface area contributed by atoms with Crippen LogP contribution in [0.15, 0.2) is 85.1 Å². The Morgan fingerprint density at radius 1 is 0.366 bits per heavy atom. The first kappa shape index (κ1) is 92.2. The van der Waals surface area contributed by atoms with Crippen LogP contribution in [0, 0.1) is 0 Å². The topological polar surface area (TPSA) is 307 Å². The molecule has 3 saturated heterocycles. The van der Waals surface area contributed by atoms with E-state index in [2.05, 4.69) is 92.1 Å². The molecule has 3 aliphatic rings. The lowest BCUT2D eigenvalue weighted by molar-refractivity contribution is -0.379. The maximum atomic E-state index is 13.5. The number of ether oxygens (including phenoxy) is 6. The van der Waals surface area contributed by atoms with Crippen molar-refractivity contribution < 1.29 is 89.4 Å². The average molecular weight is 1430 g/mol. The second-order valence-corrected chi connectivity index (χ2v) is 28.5. The number of carbonyl (C=O) groups excluding carboxylic acids is 1. The molecule has 0 aromatic heterocycles. The first-order valence-corrected chi connectivity index (χ1v) is 40.3. The number of allylic oxidation sites excluding steroid dienone is 13. The van der Waals surface area contributed by atoms with Crippen molar-refractivity contribution >= 4 is 5.91 Å². The highest BCUT2D eigenvalue weighted by Gasteiger charge is 2.54. The fraction of sp³-hybridized carbons (Fsp3) is 0.817. The molecule has 12 N–H and O–H groups in total. The van der Waals surface area contributed by atoms with E-state index in [1.165, 1.54) is 167 Å². The fourth-order valence-electron chi connectivity index (χ4n) is 13.3. The van der Waals surface area contributed by atoms with E-state index >= 15 is 0 Å². The molecule has 0 aromatic rings. The second kappa shape index (κ2) is 62.1. The Hall–Kier alpha value is -3.03. The summed E-state index contributed by atoms with van der Waals surface area (Å²) in [7, 11) is 0. The third kappa shape index (κ3) is 42.2. The van der Waals surface area contributed by atoms with Crippen LogP contribution in [0.2, 0.25) is 0 Å². The van der Waals surface area contributed by atoms with Crippen LogP contribution >= 0.6 is 0 Å². The van der Waals surface area contributed by atoms with Crippen molar-refractivity contribution in [1.82, 2.24) is 5.32 Å². The molecule has 1 amide bonds. The zero-order valence-corrected chi connectivity index (χ0v) is 62.6. The lowest BCUT2D eigenvalue weighted by Gasteiger charge is -2.48. The Kier molecular flexibility index (Phi) is 56.6. The summed E-state index contributed by atoms with van der Waals surface area (Å²) in [4.78, 5) is 13.5. The third-order valence-electron chi connectivity index (χ3n) is 19.7. The van der Waals surface area contributed by atoms with Crippen molar-refractivity contribution in [3.8, 4) is 0 Å². The first-order chi connectivity index (χ1) is 49.3. The van der Waals surface area contributed by atoms with Crippen LogP contribution in [0.5, 0.6) is 0 Å². The summed E-state index contributed by atoms with van der Waals surface area (Å²) in [5.41, 5.74) is 0. The summed E-state index contributed by atoms with van der Waals surface area (Å²) >= 11 is 0. The highest BCUT2D eigenvalue weighted by atomic mass is 16.8. The number of amides is 1. The van der Waals surface area contributed by atoms with Crippen LogP contribution in [0.3, 0.4) is 0 Å². The number of aliphatic hydroxyl groups excluding tert-OH is 11. The van der Waals surface area contributed by atoms with Gasteiger partial charge < -0.3 is 89.9 Å². The van der Waals surface area contributed by atoms with Gasteiger partial charge in [0, 0.05) is 6.42 Å². The van der Waals surface area contributed by atoms with Crippen LogP contribution in [-0.2, 0) is 33.2 Å². The van der Waals surface area contributed by atoms with Gasteiger partial charge >= 0.3 is 0 Å². The van der Waals surface area contributed by atoms with Gasteiger partial charge in [0.15, 0.2) is 18.9 Å². The van der Waals surface area contributed by atoms with E-state index in [0.717, 1.165) is 103 Å². The highest BCUT2D eigenvalue weighted by molar-refractivity contribution is 5.76. The summed E-state index contributed by atoms with van der Waals surface area (Å²) in [6.07, 6.45) is 55.6. The number of unbranched alkanes of at least 4 members (excludes halogenated alkanes) is 35. The Bertz CT molecular complexity index is 2150. The quantitative estimate of drug-likeness (QED) is 0.0199. The molecule has 3 fully saturated rings. The molecule has 101 heavy (non-hydrogen) atoms. The number of rotatable bonds is 63. The molecule has 0 saturated carbocycles. The molecule has 0 aromatic carbocycles. The van der Waals surface area contributed by atoms with E-state index in [9.17, 15) is 61.0 Å². The fourth-order valence-corrected chi connectivity index (χ4v) is 13.3. The molecule has 17 unspecified atom stereocenters. The Morgan fingerprint density at radius 3 is 1.07 bits per heavy atom. The normalized spacial score (nSPS) is 26.8. The van der Waals surface area contributed by atoms with Crippen LogP contribution in [0.4, 0.5) is 0 Å². The van der Waals surface area contributed by atoms with Gasteiger partial charge in [0.2, 0.25) is 5.91 Å². The van der Waals surface area contributed by atoms with Crippen molar-refractivity contribution in [2.45, 2.75) is 401 Å². The minimum Gasteiger partial charge on any atom is -0.394 e. The van der Waals surface area contributed by atoms with Crippen LogP contribution < -0.4 is 5.32 Å². The van der Waals surface area contributed by atoms with Crippen molar-refractivity contribution in [1.29, 1.82) is 0 Å². The van der Waals surface area contributed by atoms with Gasteiger partial charge in [-0.05, 0) is 70.6 Å². The van der Waals surface area contributed by atoms with Gasteiger partial charge in [-0.1, -0.05) is 304 Å². The van der Waals surface area contributed by atoms with Crippen molar-refractivity contribution in [2.75, 3.05) is 26.4 Å². The van der Waals surface area contributed by atoms with E-state index in [-0.39, 0.29) is 18.9 Å². The minimum atomic E-state index is -1.98. The largest absolute Gasteiger partial charge is 0.394 e. The molecule has 0 bridgehead atoms. The predicted molar refractivity (Wildman–Crippen MR) is 401 cm³/mol. The van der Waals surface area contributed by atoms with Crippen LogP contribution in [0.1, 0.15) is 296 Å². The summed E-state index contributed by atoms with van der Waals surface area (Å²) in [6.45, 7) is 1.64. The maximum absolute atomic E-state index is 13.5. The van der Waals surface area contributed by atoms with Gasteiger partial charge in [-0.2, -0.15) is 0 Å². The third-order valence-corrected chi connectivity index (χ3v) is 19.7. The highest BCUT2D eigenvalue weighted by Crippen LogP contribution is 2.33. The summed E-state index contributed by atoms with van der Waals surface area (Å²) < 4.78 is 34.4. The lowest BCUT2D eigenvalue weighted by atomic mass is 9.96. The molecule has 17 atom stereocenters. The number of carbonyl (C=O) groups is 1. The minimum absolute atomic E-state index is 0.222. The molecule has 3 rings (SSSR count). The molecule has 0 spiro atoms. The van der Waals surface area contributed by atoms with Gasteiger partial charge in [0.05, 0.1) is 38.6 Å². The molecule has 3 heterocycles. The van der Waals surface area contributed by atoms with Gasteiger partial charge in [0.1, 0.15) is 73.2 Å². The second-order valence-electron chi connectivity index (χ2n) is 28.5. The van der Waals surface area contributed by atoms with Gasteiger partial charge in [-0.3, -0.25) is 4.79 Å². The molecular formula is C82H145NO18. The molecule has 586 valence electrons. The monoisotopic (exact) mass is 1430 g/mol. The number of hydrogen-bond donors (Lipinski definition) is 12. The Morgan fingerprint density at radius 2 is 0.683 bits per heavy atom. The molecule has 3 aliphatic heterocycles. The Labute approximate surface area is 610 Å². The number of nitrogens with one attached hydrogen (secondary N) is 1. The van der Waals surface area contributed by atoms with E-state index in [0.29, 0.717) is 6.42 Å². The van der Waals surface area contributed by atoms with Crippen LogP contribution in [0.25, 0.3) is 0 Å². The summed E-state index contributed by atoms with van der Waals surface area (Å²) in [5.74, 6) is -0.290. The SMILES string of the molecule is CC/C=C\C/C=C\C/C=C\C/C=C\C/C=C\C/C=C\CCCCCCCCC(=O)NC(COC1OC(CO)C(OC2OC(CO)C(OC3OC(CO)C(O)C(O)C3O)C(O)C2O)C(O)C1O)C(O)/C=C/CCCCCCCCCCCCCCCCCCCCCCCCCCCCCCC. The van der Waals surface area contributed by atoms with E-state index < -0.39 is 124 Å². The van der Waals surface area contributed by atoms with Crippen molar-refractivity contribution in [3.05, 3.63) is 85.1 Å². The van der Waals surface area contributed by atoms with Gasteiger partial charge in [-0.25, -0.2) is 0 Å². The zero-order valence-electron chi connectivity index (χ0n) is 62.6. The average Bonchev–Trinajstić information content (AvgIpc) is 0.782. The van der Waals surface area contributed by atoms with Crippen molar-refractivity contribution in [2.24, 2.45) is 0 Å². The molecule has 0 radical (unpaired) electrons. The van der Waals surface area contributed by atoms with Crippen LogP contribution in [-0.4, -0.2) is 193 Å². The molecular weight excluding hydrogens is 1290 g/mol. The first-order valence-electron chi connectivity index (χ1n) is 40.3. The maximum Gasteiger partial charge on any atom is 0.220 e. The molecule has 0 aliphatic carbocycles. The van der Waals surface area contributed by atoms with E-state index in [1.54, 1.807) is 6.08 Å². The number of aliphatic hydroxyl groups is 11. The lowest BCUT2D eigenvalue weighted by Crippen LogP contribution is -2.66. The van der Waals surface area contributed by atoms with Crippen molar-refractivity contribution in [3.63, 3.8) is 0 Å². The van der Waals surface area contributed by atoms with Gasteiger partial charge in [-0.15, -0.1) is 0 Å². The molecule has 19 heteroatoms. The van der Waals surface area contributed by atoms with E-state index in [1.807, 2.05) is 6.08 Å². The van der Waals surface area contributed by atoms with Gasteiger partial charge in [0.25, 0.3) is 0 Å². The summed E-state index contributed by atoms with van der Waals surface area (Å²) in [5, 5.41) is 121. The Balaban J connectivity index is 1.39. The molecule has 19 nitrogen and oxygen atoms in total. The standard InChI is InChI=1S/C82H145NO18/c1-3-5-7-9-11-13-15-17-19-21-23-25-27-29-30-31-32-33-34-36-37-39-41-43-45-47-49-51-53-55-57-59-66(87)65(83-70(88)60-58-56-54-52-50-48-46-44-42-40-38-35-28-26-24-22-20-18-16-14-12-10-8-6-4-2)64-96-80-76(94)73(91)78(68(62-85)98-80)101-82-77(95)74(92)79(69(63-86)99-82)100-81-75(93)72(90)71(89)67(61-84)97-81/h6,8,12,14,18,20,24,26,35,38,42,44,57,59,65-69,71-82,84-87,89-95H,3-5,7,9-11,13,15-17,19,21-23,25,27-34,36-37,39-41,43,45-56,58,60-64H2,1-2H3,(H,83,88)/b8-6-,14-12-,20-18-,26-24-,38-35-,44-42-,59-57+. The summed E-state index contributed by atoms with van der Waals surface area (Å²) in [6, 6.07) is -0.989. The zero-order chi connectivity index (χ0) is 73.2. The number of hydrogen-bond acceptors (Lipinski definition) is 18. The smallest absolute Gasteiger partial charge is 0.220 e. The predicted octanol–water partition coefficient (Wildman–Crippen LogP) is 13.4. The van der Waals surface area contributed by atoms with E-state index in [4.69, 9.17) is 28.4 Å².